The molecular weight excluding hydrogens is 523 g/mol. The van der Waals surface area contributed by atoms with Gasteiger partial charge in [0.25, 0.3) is 0 Å². The SMILES string of the molecule is CC(=O)N1CC[C@@H](O[C@@H](C)c2c(NC(=O)Nc3cnc(-n4nccn4)c(Cl)c3)cnc3cc(Cl)nn23)C1. The van der Waals surface area contributed by atoms with E-state index in [9.17, 15) is 9.59 Å². The van der Waals surface area contributed by atoms with Crippen LogP contribution >= 0.6 is 23.2 Å². The third kappa shape index (κ3) is 5.33. The van der Waals surface area contributed by atoms with Crippen LogP contribution in [0.3, 0.4) is 0 Å². The number of hydrogen-bond donors (Lipinski definition) is 2. The van der Waals surface area contributed by atoms with E-state index < -0.39 is 12.1 Å². The van der Waals surface area contributed by atoms with Crippen LogP contribution in [0.2, 0.25) is 10.2 Å². The van der Waals surface area contributed by atoms with E-state index in [0.717, 1.165) is 0 Å². The Hall–Kier alpha value is -3.81. The van der Waals surface area contributed by atoms with Crippen LogP contribution in [0.1, 0.15) is 32.1 Å². The molecule has 0 aliphatic carbocycles. The second-order valence-electron chi connectivity index (χ2n) is 8.38. The van der Waals surface area contributed by atoms with Gasteiger partial charge in [-0.25, -0.2) is 19.3 Å². The topological polar surface area (TPSA) is 144 Å². The van der Waals surface area contributed by atoms with E-state index in [1.165, 1.54) is 47.1 Å². The highest BCUT2D eigenvalue weighted by molar-refractivity contribution is 6.32. The Bertz CT molecular complexity index is 1460. The molecule has 0 bridgehead atoms. The number of nitrogens with one attached hydrogen (secondary N) is 2. The predicted molar refractivity (Wildman–Crippen MR) is 135 cm³/mol. The molecule has 2 atom stereocenters. The Kier molecular flexibility index (Phi) is 6.91. The van der Waals surface area contributed by atoms with E-state index in [1.807, 2.05) is 6.92 Å². The molecule has 2 N–H and O–H groups in total. The molecule has 0 aromatic carbocycles. The summed E-state index contributed by atoms with van der Waals surface area (Å²) in [5.74, 6) is 0.331. The second kappa shape index (κ2) is 10.3. The molecule has 1 aliphatic heterocycles. The lowest BCUT2D eigenvalue weighted by Gasteiger charge is -2.22. The molecule has 15 heteroatoms. The first-order chi connectivity index (χ1) is 17.8. The first-order valence-corrected chi connectivity index (χ1v) is 12.1. The van der Waals surface area contributed by atoms with Crippen molar-refractivity contribution in [3.8, 4) is 5.82 Å². The summed E-state index contributed by atoms with van der Waals surface area (Å²) in [5, 5.41) is 18.3. The smallest absolute Gasteiger partial charge is 0.323 e. The summed E-state index contributed by atoms with van der Waals surface area (Å²) in [6, 6.07) is 2.59. The number of nitrogens with zero attached hydrogens (tertiary/aromatic N) is 8. The molecule has 1 fully saturated rings. The van der Waals surface area contributed by atoms with Gasteiger partial charge in [-0.05, 0) is 19.4 Å². The van der Waals surface area contributed by atoms with Gasteiger partial charge in [-0.15, -0.1) is 4.80 Å². The molecule has 1 aliphatic rings. The maximum Gasteiger partial charge on any atom is 0.323 e. The van der Waals surface area contributed by atoms with E-state index in [1.54, 1.807) is 11.0 Å². The fourth-order valence-corrected chi connectivity index (χ4v) is 4.56. The van der Waals surface area contributed by atoms with Crippen molar-refractivity contribution in [1.82, 2.24) is 39.5 Å². The number of urea groups is 1. The summed E-state index contributed by atoms with van der Waals surface area (Å²) in [5.41, 5.74) is 1.77. The highest BCUT2D eigenvalue weighted by atomic mass is 35.5. The number of rotatable bonds is 6. The van der Waals surface area contributed by atoms with Crippen molar-refractivity contribution in [3.05, 3.63) is 52.8 Å². The predicted octanol–water partition coefficient (Wildman–Crippen LogP) is 3.35. The van der Waals surface area contributed by atoms with Crippen molar-refractivity contribution in [2.24, 2.45) is 0 Å². The van der Waals surface area contributed by atoms with Crippen LogP contribution in [0.4, 0.5) is 16.2 Å². The first kappa shape index (κ1) is 24.9. The summed E-state index contributed by atoms with van der Waals surface area (Å²) in [4.78, 5) is 36.2. The number of anilines is 2. The number of likely N-dealkylation sites (tertiary alicyclic amines) is 1. The lowest BCUT2D eigenvalue weighted by molar-refractivity contribution is -0.128. The lowest BCUT2D eigenvalue weighted by atomic mass is 10.2. The number of carbonyl (C=O) groups is 2. The molecule has 0 spiro atoms. The van der Waals surface area contributed by atoms with Crippen LogP contribution in [0, 0.1) is 0 Å². The van der Waals surface area contributed by atoms with Crippen LogP contribution in [0.25, 0.3) is 11.5 Å². The minimum atomic E-state index is -0.556. The Labute approximate surface area is 220 Å². The Morgan fingerprint density at radius 2 is 1.92 bits per heavy atom. The molecule has 3 amide bonds. The van der Waals surface area contributed by atoms with Crippen molar-refractivity contribution in [1.29, 1.82) is 0 Å². The molecule has 0 saturated carbocycles. The van der Waals surface area contributed by atoms with E-state index in [4.69, 9.17) is 27.9 Å². The molecule has 4 aromatic rings. The van der Waals surface area contributed by atoms with Crippen molar-refractivity contribution in [3.63, 3.8) is 0 Å². The average Bonchev–Trinajstić information content (AvgIpc) is 3.59. The number of aromatic nitrogens is 7. The molecule has 192 valence electrons. The van der Waals surface area contributed by atoms with Gasteiger partial charge in [-0.3, -0.25) is 4.79 Å². The minimum absolute atomic E-state index is 0.00597. The third-order valence-corrected chi connectivity index (χ3v) is 6.26. The summed E-state index contributed by atoms with van der Waals surface area (Å²) >= 11 is 12.4. The van der Waals surface area contributed by atoms with Crippen molar-refractivity contribution < 1.29 is 14.3 Å². The van der Waals surface area contributed by atoms with E-state index in [0.29, 0.717) is 48.0 Å². The van der Waals surface area contributed by atoms with Crippen molar-refractivity contribution >= 4 is 52.2 Å². The first-order valence-electron chi connectivity index (χ1n) is 11.3. The highest BCUT2D eigenvalue weighted by Crippen LogP contribution is 2.30. The van der Waals surface area contributed by atoms with Crippen molar-refractivity contribution in [2.75, 3.05) is 23.7 Å². The summed E-state index contributed by atoms with van der Waals surface area (Å²) < 4.78 is 7.79. The second-order valence-corrected chi connectivity index (χ2v) is 9.17. The van der Waals surface area contributed by atoms with Crippen LogP contribution in [0.5, 0.6) is 0 Å². The van der Waals surface area contributed by atoms with Gasteiger partial charge in [-0.2, -0.15) is 15.3 Å². The number of halogens is 2. The lowest BCUT2D eigenvalue weighted by Crippen LogP contribution is -2.28. The molecule has 37 heavy (non-hydrogen) atoms. The standard InChI is InChI=1S/C22H22Cl2N10O3/c1-12(37-15-3-6-32(11-15)13(2)35)20-17(10-25-19-8-18(24)31-33(19)20)30-22(36)29-14-7-16(23)21(26-9-14)34-27-4-5-28-34/h4-5,7-10,12,15H,3,6,11H2,1-2H3,(H2,29,30,36)/t12-,15+/m0/s1. The fourth-order valence-electron chi connectivity index (χ4n) is 4.15. The molecule has 5 heterocycles. The van der Waals surface area contributed by atoms with Crippen LogP contribution in [0.15, 0.2) is 36.9 Å². The number of ether oxygens (including phenoxy) is 1. The Balaban J connectivity index is 1.35. The Morgan fingerprint density at radius 1 is 1.14 bits per heavy atom. The summed E-state index contributed by atoms with van der Waals surface area (Å²) in [7, 11) is 0. The third-order valence-electron chi connectivity index (χ3n) is 5.80. The molecule has 1 saturated heterocycles. The number of pyridine rings is 1. The van der Waals surface area contributed by atoms with E-state index >= 15 is 0 Å². The maximum atomic E-state index is 12.9. The monoisotopic (exact) mass is 544 g/mol. The minimum Gasteiger partial charge on any atom is -0.367 e. The maximum absolute atomic E-state index is 12.9. The van der Waals surface area contributed by atoms with Gasteiger partial charge in [0.05, 0.1) is 59.1 Å². The number of amides is 3. The van der Waals surface area contributed by atoms with Gasteiger partial charge >= 0.3 is 6.03 Å². The average molecular weight is 545 g/mol. The van der Waals surface area contributed by atoms with Gasteiger partial charge in [0.1, 0.15) is 0 Å². The van der Waals surface area contributed by atoms with Gasteiger partial charge in [0.2, 0.25) is 5.91 Å². The molecule has 0 unspecified atom stereocenters. The van der Waals surface area contributed by atoms with Gasteiger partial charge in [0, 0.05) is 26.1 Å². The van der Waals surface area contributed by atoms with E-state index in [2.05, 4.69) is 35.9 Å². The van der Waals surface area contributed by atoms with Gasteiger partial charge in [-0.1, -0.05) is 23.2 Å². The van der Waals surface area contributed by atoms with Crippen LogP contribution < -0.4 is 10.6 Å². The number of fused-ring (bicyclic) bond motifs is 1. The van der Waals surface area contributed by atoms with E-state index in [-0.39, 0.29) is 22.2 Å². The van der Waals surface area contributed by atoms with Crippen LogP contribution in [-0.2, 0) is 9.53 Å². The molecule has 13 nitrogen and oxygen atoms in total. The number of hydrogen-bond acceptors (Lipinski definition) is 8. The van der Waals surface area contributed by atoms with Crippen molar-refractivity contribution in [2.45, 2.75) is 32.5 Å². The van der Waals surface area contributed by atoms with Gasteiger partial charge in [0.15, 0.2) is 16.6 Å². The summed E-state index contributed by atoms with van der Waals surface area (Å²) in [6.07, 6.45) is 5.99. The molecule has 4 aromatic heterocycles. The van der Waals surface area contributed by atoms with Gasteiger partial charge < -0.3 is 20.3 Å². The number of carbonyl (C=O) groups excluding carboxylic acids is 2. The zero-order valence-electron chi connectivity index (χ0n) is 19.8. The highest BCUT2D eigenvalue weighted by Gasteiger charge is 2.29. The molecular formula is C22H22Cl2N10O3. The summed E-state index contributed by atoms with van der Waals surface area (Å²) in [6.45, 7) is 4.50. The molecule has 5 rings (SSSR count). The fraction of sp³-hybridized carbons (Fsp3) is 0.318. The molecule has 0 radical (unpaired) electrons. The zero-order valence-corrected chi connectivity index (χ0v) is 21.3. The van der Waals surface area contributed by atoms with Crippen LogP contribution in [-0.4, -0.2) is 70.6 Å². The Morgan fingerprint density at radius 3 is 2.62 bits per heavy atom. The quantitative estimate of drug-likeness (QED) is 0.375. The normalized spacial score (nSPS) is 16.2. The zero-order chi connectivity index (χ0) is 26.1. The largest absolute Gasteiger partial charge is 0.367 e.